The summed E-state index contributed by atoms with van der Waals surface area (Å²) in [5.74, 6) is 0. The highest BCUT2D eigenvalue weighted by Gasteiger charge is 2.43. The third-order valence-electron chi connectivity index (χ3n) is 5.26. The fourth-order valence-electron chi connectivity index (χ4n) is 4.05. The van der Waals surface area contributed by atoms with Crippen molar-refractivity contribution in [1.82, 2.24) is 20.2 Å². The molecule has 0 saturated carbocycles. The van der Waals surface area contributed by atoms with Crippen LogP contribution in [0.2, 0.25) is 0 Å². The van der Waals surface area contributed by atoms with Crippen molar-refractivity contribution in [2.75, 3.05) is 13.2 Å². The van der Waals surface area contributed by atoms with Crippen LogP contribution in [0.4, 0.5) is 0 Å². The van der Waals surface area contributed by atoms with Gasteiger partial charge in [0.15, 0.2) is 5.11 Å². The smallest absolute Gasteiger partial charge is 0.170 e. The molecule has 0 amide bonds. The lowest BCUT2D eigenvalue weighted by Crippen LogP contribution is -2.36. The molecule has 0 spiro atoms. The zero-order valence-electron chi connectivity index (χ0n) is 15.0. The number of pyridine rings is 1. The van der Waals surface area contributed by atoms with Gasteiger partial charge in [0.25, 0.3) is 0 Å². The summed E-state index contributed by atoms with van der Waals surface area (Å²) in [5.41, 5.74) is 4.72. The highest BCUT2D eigenvalue weighted by molar-refractivity contribution is 14.1. The van der Waals surface area contributed by atoms with E-state index >= 15 is 0 Å². The van der Waals surface area contributed by atoms with Gasteiger partial charge in [0.1, 0.15) is 0 Å². The van der Waals surface area contributed by atoms with Gasteiger partial charge in [-0.25, -0.2) is 0 Å². The van der Waals surface area contributed by atoms with Gasteiger partial charge in [-0.3, -0.25) is 4.98 Å². The number of hydrogen-bond acceptors (Lipinski definition) is 3. The molecule has 2 N–H and O–H groups in total. The maximum atomic E-state index is 5.90. The molecule has 0 aliphatic carbocycles. The van der Waals surface area contributed by atoms with E-state index in [9.17, 15) is 0 Å². The third kappa shape index (κ3) is 3.25. The lowest BCUT2D eigenvalue weighted by Gasteiger charge is -2.30. The van der Waals surface area contributed by atoms with Gasteiger partial charge in [-0.1, -0.05) is 6.07 Å². The Morgan fingerprint density at radius 2 is 2.19 bits per heavy atom. The van der Waals surface area contributed by atoms with Gasteiger partial charge in [0, 0.05) is 39.9 Å². The van der Waals surface area contributed by atoms with Gasteiger partial charge in [-0.2, -0.15) is 0 Å². The van der Waals surface area contributed by atoms with E-state index in [1.807, 2.05) is 18.3 Å². The first-order chi connectivity index (χ1) is 12.6. The largest absolute Gasteiger partial charge is 0.376 e. The van der Waals surface area contributed by atoms with Crippen LogP contribution in [0.3, 0.4) is 0 Å². The maximum absolute atomic E-state index is 5.90. The summed E-state index contributed by atoms with van der Waals surface area (Å²) in [6, 6.07) is 6.20. The maximum Gasteiger partial charge on any atom is 0.170 e. The molecule has 2 aromatic rings. The molecule has 3 atom stereocenters. The molecule has 7 heteroatoms. The number of thiocarbonyl (C=S) groups is 1. The summed E-state index contributed by atoms with van der Waals surface area (Å²) in [7, 11) is 0. The Morgan fingerprint density at radius 1 is 1.35 bits per heavy atom. The van der Waals surface area contributed by atoms with Crippen LogP contribution in [0.5, 0.6) is 0 Å². The topological polar surface area (TPSA) is 53.2 Å². The zero-order valence-corrected chi connectivity index (χ0v) is 17.9. The van der Waals surface area contributed by atoms with E-state index in [1.54, 1.807) is 0 Å². The van der Waals surface area contributed by atoms with Crippen molar-refractivity contribution in [1.29, 1.82) is 0 Å². The number of rotatable bonds is 4. The Kier molecular flexibility index (Phi) is 5.20. The van der Waals surface area contributed by atoms with E-state index < -0.39 is 0 Å². The summed E-state index contributed by atoms with van der Waals surface area (Å²) in [4.78, 5) is 10.4. The summed E-state index contributed by atoms with van der Waals surface area (Å²) in [5, 5.41) is 4.32. The number of aromatic nitrogens is 2. The van der Waals surface area contributed by atoms with E-state index in [4.69, 9.17) is 17.0 Å². The minimum Gasteiger partial charge on any atom is -0.376 e. The van der Waals surface area contributed by atoms with E-state index in [0.717, 1.165) is 36.8 Å². The Balaban J connectivity index is 1.76. The first-order valence-corrected chi connectivity index (χ1v) is 10.5. The number of nitrogens with one attached hydrogen (secondary N) is 2. The lowest BCUT2D eigenvalue weighted by molar-refractivity contribution is 0.0841. The van der Waals surface area contributed by atoms with Crippen molar-refractivity contribution < 1.29 is 4.74 Å². The van der Waals surface area contributed by atoms with Crippen LogP contribution in [-0.4, -0.2) is 39.2 Å². The van der Waals surface area contributed by atoms with Crippen LogP contribution in [0.25, 0.3) is 0 Å². The second-order valence-corrected chi connectivity index (χ2v) is 8.48. The minimum atomic E-state index is 0.0347. The molecule has 4 heterocycles. The zero-order chi connectivity index (χ0) is 18.3. The minimum absolute atomic E-state index is 0.0347. The molecule has 0 aromatic carbocycles. The molecule has 0 radical (unpaired) electrons. The molecule has 26 heavy (non-hydrogen) atoms. The van der Waals surface area contributed by atoms with Crippen molar-refractivity contribution >= 4 is 39.9 Å². The molecule has 2 saturated heterocycles. The van der Waals surface area contributed by atoms with Gasteiger partial charge in [0.05, 0.1) is 23.9 Å². The SMILES string of the molecule is Cc1[nH]c(C)c([C@@H]2[C@@H](c3ccccn3)NC(=S)N2C[C@@H]2CCCO2)c1I. The van der Waals surface area contributed by atoms with E-state index in [-0.39, 0.29) is 18.2 Å². The van der Waals surface area contributed by atoms with Crippen LogP contribution >= 0.6 is 34.8 Å². The number of ether oxygens (including phenoxy) is 1. The average Bonchev–Trinajstić information content (AvgIpc) is 3.31. The highest BCUT2D eigenvalue weighted by Crippen LogP contribution is 2.42. The van der Waals surface area contributed by atoms with E-state index in [0.29, 0.717) is 0 Å². The van der Waals surface area contributed by atoms with Crippen LogP contribution in [-0.2, 0) is 4.74 Å². The summed E-state index contributed by atoms with van der Waals surface area (Å²) in [6.45, 7) is 5.94. The molecule has 4 rings (SSSR count). The third-order valence-corrected chi connectivity index (χ3v) is 7.01. The fraction of sp³-hybridized carbons (Fsp3) is 0.474. The standard InChI is InChI=1S/C19H23IN4OS/c1-11-15(16(20)12(2)22-11)18-17(14-7-3-4-8-21-14)23-19(26)24(18)10-13-6-5-9-25-13/h3-4,7-8,13,17-18,22H,5-6,9-10H2,1-2H3,(H,23,26)/t13-,17+,18+/m0/s1. The molecule has 5 nitrogen and oxygen atoms in total. The predicted molar refractivity (Wildman–Crippen MR) is 114 cm³/mol. The van der Waals surface area contributed by atoms with Gasteiger partial charge in [-0.15, -0.1) is 0 Å². The fourth-order valence-corrected chi connectivity index (χ4v) is 5.22. The number of hydrogen-bond donors (Lipinski definition) is 2. The molecule has 138 valence electrons. The summed E-state index contributed by atoms with van der Waals surface area (Å²) >= 11 is 8.19. The number of aryl methyl sites for hydroxylation is 2. The van der Waals surface area contributed by atoms with Gasteiger partial charge < -0.3 is 19.9 Å². The monoisotopic (exact) mass is 482 g/mol. The second-order valence-electron chi connectivity index (χ2n) is 7.02. The molecule has 2 fully saturated rings. The van der Waals surface area contributed by atoms with Gasteiger partial charge >= 0.3 is 0 Å². The van der Waals surface area contributed by atoms with Crippen LogP contribution < -0.4 is 5.32 Å². The Bertz CT molecular complexity index is 803. The molecular formula is C19H23IN4OS. The average molecular weight is 482 g/mol. The number of H-pyrrole nitrogens is 1. The van der Waals surface area contributed by atoms with Crippen molar-refractivity contribution in [3.8, 4) is 0 Å². The molecule has 2 aromatic heterocycles. The molecule has 0 bridgehead atoms. The molecule has 2 aliphatic heterocycles. The van der Waals surface area contributed by atoms with E-state index in [1.165, 1.54) is 20.5 Å². The highest BCUT2D eigenvalue weighted by atomic mass is 127. The lowest BCUT2D eigenvalue weighted by atomic mass is 9.96. The Hall–Kier alpha value is -1.19. The van der Waals surface area contributed by atoms with Gasteiger partial charge in [0.2, 0.25) is 0 Å². The van der Waals surface area contributed by atoms with Crippen LogP contribution in [0.1, 0.15) is 47.6 Å². The summed E-state index contributed by atoms with van der Waals surface area (Å²) < 4.78 is 7.17. The number of halogens is 1. The van der Waals surface area contributed by atoms with E-state index in [2.05, 4.69) is 62.7 Å². The molecule has 0 unspecified atom stereocenters. The van der Waals surface area contributed by atoms with Crippen LogP contribution in [0.15, 0.2) is 24.4 Å². The molecule has 2 aliphatic rings. The van der Waals surface area contributed by atoms with Crippen molar-refractivity contribution in [3.63, 3.8) is 0 Å². The number of aromatic amines is 1. The Labute approximate surface area is 173 Å². The summed E-state index contributed by atoms with van der Waals surface area (Å²) in [6.07, 6.45) is 4.33. The first-order valence-electron chi connectivity index (χ1n) is 9.00. The van der Waals surface area contributed by atoms with Gasteiger partial charge in [-0.05, 0) is 73.6 Å². The number of nitrogens with zero attached hydrogens (tertiary/aromatic N) is 2. The Morgan fingerprint density at radius 3 is 2.81 bits per heavy atom. The van der Waals surface area contributed by atoms with Crippen LogP contribution in [0, 0.1) is 17.4 Å². The normalized spacial score (nSPS) is 25.7. The van der Waals surface area contributed by atoms with Crippen molar-refractivity contribution in [2.24, 2.45) is 0 Å². The molecular weight excluding hydrogens is 459 g/mol. The first kappa shape index (κ1) is 18.2. The van der Waals surface area contributed by atoms with Crippen molar-refractivity contribution in [3.05, 3.63) is 50.6 Å². The van der Waals surface area contributed by atoms with Crippen molar-refractivity contribution in [2.45, 2.75) is 44.9 Å². The predicted octanol–water partition coefficient (Wildman–Crippen LogP) is 3.78. The quantitative estimate of drug-likeness (QED) is 0.513. The second kappa shape index (κ2) is 7.44.